The van der Waals surface area contributed by atoms with E-state index in [1.54, 1.807) is 17.2 Å². The molecule has 1 aliphatic heterocycles. The van der Waals surface area contributed by atoms with Crippen LogP contribution in [-0.2, 0) is 11.3 Å². The molecule has 1 aliphatic rings. The molecule has 3 rings (SSSR count). The van der Waals surface area contributed by atoms with Crippen LogP contribution in [0, 0.1) is 0 Å². The van der Waals surface area contributed by atoms with Crippen molar-refractivity contribution in [3.63, 3.8) is 0 Å². The first kappa shape index (κ1) is 19.8. The van der Waals surface area contributed by atoms with E-state index in [0.717, 1.165) is 5.69 Å². The number of nitrogens with two attached hydrogens (primary N) is 1. The van der Waals surface area contributed by atoms with E-state index in [1.807, 2.05) is 18.7 Å². The normalized spacial score (nSPS) is 16.5. The summed E-state index contributed by atoms with van der Waals surface area (Å²) in [4.78, 5) is 45.2. The molecule has 2 amide bonds. The minimum absolute atomic E-state index is 0.186. The minimum Gasteiger partial charge on any atom is -0.391 e. The van der Waals surface area contributed by atoms with Crippen molar-refractivity contribution in [1.29, 1.82) is 0 Å². The molecule has 2 aromatic rings. The van der Waals surface area contributed by atoms with Gasteiger partial charge in [-0.25, -0.2) is 4.98 Å². The van der Waals surface area contributed by atoms with Gasteiger partial charge in [-0.05, 0) is 32.4 Å². The topological polar surface area (TPSA) is 122 Å². The van der Waals surface area contributed by atoms with Gasteiger partial charge in [0.05, 0.1) is 6.10 Å². The molecular weight excluding hydrogens is 362 g/mol. The van der Waals surface area contributed by atoms with Crippen molar-refractivity contribution in [2.75, 3.05) is 31.1 Å². The van der Waals surface area contributed by atoms with Crippen molar-refractivity contribution in [2.45, 2.75) is 32.9 Å². The number of nitrogens with zero attached hydrogens (tertiary/aromatic N) is 4. The standard InChI is InChI=1S/C19H25N5O4/c1-3-22(4-2)16(26)11-24-18-13(9-14(17(20)27)19(24)28)15(5-7-21-18)23-8-6-12(25)10-23/h5,7,9,12,25H,3-4,6,8,10-11H2,1-2H3,(H2,20,27). The molecule has 1 atom stereocenters. The number of hydrogen-bond acceptors (Lipinski definition) is 6. The Labute approximate surface area is 162 Å². The second-order valence-electron chi connectivity index (χ2n) is 6.84. The van der Waals surface area contributed by atoms with Crippen molar-refractivity contribution in [2.24, 2.45) is 5.73 Å². The Bertz CT molecular complexity index is 967. The summed E-state index contributed by atoms with van der Waals surface area (Å²) in [7, 11) is 0. The highest BCUT2D eigenvalue weighted by atomic mass is 16.3. The summed E-state index contributed by atoms with van der Waals surface area (Å²) in [6, 6.07) is 3.21. The van der Waals surface area contributed by atoms with E-state index in [9.17, 15) is 19.5 Å². The summed E-state index contributed by atoms with van der Waals surface area (Å²) in [5, 5.41) is 10.4. The summed E-state index contributed by atoms with van der Waals surface area (Å²) in [5.41, 5.74) is 5.66. The van der Waals surface area contributed by atoms with Crippen LogP contribution in [0.1, 0.15) is 30.6 Å². The summed E-state index contributed by atoms with van der Waals surface area (Å²) in [6.07, 6.45) is 1.76. The van der Waals surface area contributed by atoms with E-state index in [4.69, 9.17) is 5.73 Å². The molecule has 0 bridgehead atoms. The van der Waals surface area contributed by atoms with Crippen LogP contribution in [0.4, 0.5) is 5.69 Å². The Balaban J connectivity index is 2.19. The lowest BCUT2D eigenvalue weighted by Crippen LogP contribution is -2.38. The predicted molar refractivity (Wildman–Crippen MR) is 105 cm³/mol. The fourth-order valence-electron chi connectivity index (χ4n) is 3.62. The third kappa shape index (κ3) is 3.57. The molecule has 1 unspecified atom stereocenters. The third-order valence-electron chi connectivity index (χ3n) is 5.15. The maximum absolute atomic E-state index is 12.8. The summed E-state index contributed by atoms with van der Waals surface area (Å²) < 4.78 is 1.21. The number of fused-ring (bicyclic) bond motifs is 1. The SMILES string of the molecule is CCN(CC)C(=O)Cn1c(=O)c(C(N)=O)cc2c(N3CCC(O)C3)ccnc21. The fraction of sp³-hybridized carbons (Fsp3) is 0.474. The second-order valence-corrected chi connectivity index (χ2v) is 6.84. The number of carbonyl (C=O) groups is 2. The number of carbonyl (C=O) groups excluding carboxylic acids is 2. The molecule has 150 valence electrons. The number of hydrogen-bond donors (Lipinski definition) is 2. The average Bonchev–Trinajstić information content (AvgIpc) is 3.10. The Kier molecular flexibility index (Phi) is 5.64. The molecule has 0 radical (unpaired) electrons. The minimum atomic E-state index is -0.854. The molecule has 9 heteroatoms. The van der Waals surface area contributed by atoms with Gasteiger partial charge in [0, 0.05) is 43.4 Å². The Morgan fingerprint density at radius 2 is 2.07 bits per heavy atom. The van der Waals surface area contributed by atoms with E-state index < -0.39 is 17.6 Å². The maximum Gasteiger partial charge on any atom is 0.265 e. The number of primary amides is 1. The second kappa shape index (κ2) is 7.97. The summed E-state index contributed by atoms with van der Waals surface area (Å²) in [6.45, 7) is 5.61. The van der Waals surface area contributed by atoms with Gasteiger partial charge in [-0.1, -0.05) is 0 Å². The van der Waals surface area contributed by atoms with Gasteiger partial charge in [0.2, 0.25) is 5.91 Å². The molecule has 28 heavy (non-hydrogen) atoms. The van der Waals surface area contributed by atoms with Crippen molar-refractivity contribution in [3.8, 4) is 0 Å². The van der Waals surface area contributed by atoms with Crippen molar-refractivity contribution in [1.82, 2.24) is 14.5 Å². The van der Waals surface area contributed by atoms with Crippen LogP contribution in [0.2, 0.25) is 0 Å². The lowest BCUT2D eigenvalue weighted by molar-refractivity contribution is -0.131. The third-order valence-corrected chi connectivity index (χ3v) is 5.15. The van der Waals surface area contributed by atoms with E-state index in [0.29, 0.717) is 43.6 Å². The van der Waals surface area contributed by atoms with Gasteiger partial charge in [0.25, 0.3) is 11.5 Å². The van der Waals surface area contributed by atoms with Crippen LogP contribution in [-0.4, -0.2) is 63.7 Å². The molecule has 3 heterocycles. The van der Waals surface area contributed by atoms with Gasteiger partial charge in [-0.2, -0.15) is 0 Å². The molecule has 0 aliphatic carbocycles. The Hall–Kier alpha value is -2.94. The molecule has 9 nitrogen and oxygen atoms in total. The number of aliphatic hydroxyl groups excluding tert-OH is 1. The van der Waals surface area contributed by atoms with Crippen LogP contribution in [0.15, 0.2) is 23.1 Å². The highest BCUT2D eigenvalue weighted by molar-refractivity contribution is 5.99. The molecule has 1 saturated heterocycles. The fourth-order valence-corrected chi connectivity index (χ4v) is 3.62. The first-order valence-electron chi connectivity index (χ1n) is 9.40. The van der Waals surface area contributed by atoms with Gasteiger partial charge < -0.3 is 20.6 Å². The highest BCUT2D eigenvalue weighted by Crippen LogP contribution is 2.28. The smallest absolute Gasteiger partial charge is 0.265 e. The van der Waals surface area contributed by atoms with Gasteiger partial charge in [0.15, 0.2) is 0 Å². The zero-order valence-electron chi connectivity index (χ0n) is 16.1. The van der Waals surface area contributed by atoms with Gasteiger partial charge >= 0.3 is 0 Å². The van der Waals surface area contributed by atoms with Crippen molar-refractivity contribution >= 4 is 28.5 Å². The molecular formula is C19H25N5O4. The van der Waals surface area contributed by atoms with Gasteiger partial charge in [-0.3, -0.25) is 19.0 Å². The van der Waals surface area contributed by atoms with Gasteiger partial charge in [-0.15, -0.1) is 0 Å². The number of likely N-dealkylation sites (N-methyl/N-ethyl adjacent to an activating group) is 1. The van der Waals surface area contributed by atoms with Crippen LogP contribution in [0.3, 0.4) is 0 Å². The number of pyridine rings is 2. The highest BCUT2D eigenvalue weighted by Gasteiger charge is 2.25. The Morgan fingerprint density at radius 3 is 2.64 bits per heavy atom. The number of aromatic nitrogens is 2. The quantitative estimate of drug-likeness (QED) is 0.716. The molecule has 0 spiro atoms. The molecule has 2 aromatic heterocycles. The Morgan fingerprint density at radius 1 is 1.36 bits per heavy atom. The van der Waals surface area contributed by atoms with Crippen molar-refractivity contribution in [3.05, 3.63) is 34.2 Å². The number of aliphatic hydroxyl groups is 1. The molecule has 0 aromatic carbocycles. The first-order chi connectivity index (χ1) is 13.4. The van der Waals surface area contributed by atoms with Crippen LogP contribution >= 0.6 is 0 Å². The number of rotatable bonds is 6. The molecule has 3 N–H and O–H groups in total. The zero-order valence-corrected chi connectivity index (χ0v) is 16.1. The van der Waals surface area contributed by atoms with E-state index in [1.165, 1.54) is 10.6 Å². The number of anilines is 1. The van der Waals surface area contributed by atoms with Crippen LogP contribution in [0.5, 0.6) is 0 Å². The zero-order chi connectivity index (χ0) is 20.4. The van der Waals surface area contributed by atoms with E-state index >= 15 is 0 Å². The van der Waals surface area contributed by atoms with Crippen LogP contribution < -0.4 is 16.2 Å². The lowest BCUT2D eigenvalue weighted by Gasteiger charge is -2.22. The molecule has 1 fully saturated rings. The van der Waals surface area contributed by atoms with Gasteiger partial charge in [0.1, 0.15) is 17.8 Å². The average molecular weight is 387 g/mol. The van der Waals surface area contributed by atoms with Crippen LogP contribution in [0.25, 0.3) is 11.0 Å². The maximum atomic E-state index is 12.8. The molecule has 0 saturated carbocycles. The predicted octanol–water partition coefficient (Wildman–Crippen LogP) is -0.0652. The summed E-state index contributed by atoms with van der Waals surface area (Å²) in [5.74, 6) is -1.09. The van der Waals surface area contributed by atoms with E-state index in [2.05, 4.69) is 4.98 Å². The van der Waals surface area contributed by atoms with E-state index in [-0.39, 0.29) is 18.0 Å². The summed E-state index contributed by atoms with van der Waals surface area (Å²) >= 11 is 0. The monoisotopic (exact) mass is 387 g/mol. The first-order valence-corrected chi connectivity index (χ1v) is 9.40. The largest absolute Gasteiger partial charge is 0.391 e. The van der Waals surface area contributed by atoms with Crippen molar-refractivity contribution < 1.29 is 14.7 Å². The number of amides is 2. The lowest BCUT2D eigenvalue weighted by atomic mass is 10.1. The number of β-amino-alcohol motifs (C(OH)–C–C–N with tert-alkyl or cyclic N) is 1.